The zero-order chi connectivity index (χ0) is 15.7. The van der Waals surface area contributed by atoms with Gasteiger partial charge in [0.15, 0.2) is 0 Å². The summed E-state index contributed by atoms with van der Waals surface area (Å²) < 4.78 is 2.09. The molecule has 3 aromatic rings. The summed E-state index contributed by atoms with van der Waals surface area (Å²) in [6, 6.07) is 13.6. The minimum absolute atomic E-state index is 0.120. The zero-order valence-electron chi connectivity index (χ0n) is 12.5. The molecule has 0 aliphatic rings. The van der Waals surface area contributed by atoms with E-state index in [2.05, 4.69) is 15.6 Å². The Morgan fingerprint density at radius 2 is 2.00 bits per heavy atom. The molecule has 1 aromatic carbocycles. The van der Waals surface area contributed by atoms with E-state index in [-0.39, 0.29) is 5.78 Å². The monoisotopic (exact) mass is 289 g/mol. The zero-order valence-corrected chi connectivity index (χ0v) is 12.5. The molecule has 0 aliphatic heterocycles. The molecule has 4 heteroatoms. The number of nitrogens with zero attached hydrogens (tertiary/aromatic N) is 3. The second-order valence-electron chi connectivity index (χ2n) is 5.41. The topological polar surface area (TPSA) is 58.7 Å². The third-order valence-electron chi connectivity index (χ3n) is 3.60. The van der Waals surface area contributed by atoms with Gasteiger partial charge in [0.2, 0.25) is 0 Å². The number of aromatic nitrogens is 2. The van der Waals surface area contributed by atoms with E-state index < -0.39 is 0 Å². The van der Waals surface area contributed by atoms with Gasteiger partial charge in [0.25, 0.3) is 0 Å². The van der Waals surface area contributed by atoms with E-state index in [9.17, 15) is 4.79 Å². The van der Waals surface area contributed by atoms with E-state index >= 15 is 0 Å². The Bertz CT molecular complexity index is 898. The third kappa shape index (κ3) is 2.49. The first-order chi connectivity index (χ1) is 10.6. The van der Waals surface area contributed by atoms with Crippen LogP contribution in [-0.2, 0) is 11.2 Å². The molecule has 0 saturated carbocycles. The van der Waals surface area contributed by atoms with E-state index in [0.717, 1.165) is 28.0 Å². The minimum atomic E-state index is 0.120. The van der Waals surface area contributed by atoms with Gasteiger partial charge in [-0.15, -0.1) is 0 Å². The molecule has 2 aromatic heterocycles. The van der Waals surface area contributed by atoms with Crippen LogP contribution in [-0.4, -0.2) is 15.3 Å². The number of aryl methyl sites for hydroxylation is 1. The molecule has 0 unspecified atom stereocenters. The average Bonchev–Trinajstić information content (AvgIpc) is 2.82. The first kappa shape index (κ1) is 14.0. The summed E-state index contributed by atoms with van der Waals surface area (Å²) >= 11 is 0. The highest BCUT2D eigenvalue weighted by molar-refractivity contribution is 5.83. The van der Waals surface area contributed by atoms with Crippen LogP contribution < -0.4 is 0 Å². The Morgan fingerprint density at radius 1 is 1.27 bits per heavy atom. The fourth-order valence-electron chi connectivity index (χ4n) is 2.66. The predicted molar refractivity (Wildman–Crippen MR) is 84.9 cm³/mol. The lowest BCUT2D eigenvalue weighted by molar-refractivity contribution is -0.116. The highest BCUT2D eigenvalue weighted by Crippen LogP contribution is 2.24. The SMILES string of the molecule is CC(=O)Cc1cnc2cc(C)n(-c3ccc(C#N)cc3)c2c1. The lowest BCUT2D eigenvalue weighted by Gasteiger charge is -2.09. The van der Waals surface area contributed by atoms with Gasteiger partial charge in [-0.2, -0.15) is 5.26 Å². The molecule has 0 aliphatic carbocycles. The Morgan fingerprint density at radius 3 is 2.64 bits per heavy atom. The fourth-order valence-corrected chi connectivity index (χ4v) is 2.66. The van der Waals surface area contributed by atoms with E-state index in [1.807, 2.05) is 31.2 Å². The van der Waals surface area contributed by atoms with Crippen LogP contribution in [0.15, 0.2) is 42.6 Å². The van der Waals surface area contributed by atoms with E-state index in [0.29, 0.717) is 12.0 Å². The third-order valence-corrected chi connectivity index (χ3v) is 3.60. The summed E-state index contributed by atoms with van der Waals surface area (Å²) in [4.78, 5) is 15.8. The second-order valence-corrected chi connectivity index (χ2v) is 5.41. The highest BCUT2D eigenvalue weighted by Gasteiger charge is 2.10. The van der Waals surface area contributed by atoms with Crippen LogP contribution >= 0.6 is 0 Å². The molecule has 0 amide bonds. The van der Waals surface area contributed by atoms with Crippen molar-refractivity contribution in [1.82, 2.24) is 9.55 Å². The molecule has 0 N–H and O–H groups in total. The molecule has 0 spiro atoms. The highest BCUT2D eigenvalue weighted by atomic mass is 16.1. The molecule has 108 valence electrons. The lowest BCUT2D eigenvalue weighted by Crippen LogP contribution is -1.99. The molecule has 2 heterocycles. The van der Waals surface area contributed by atoms with Crippen LogP contribution in [0.1, 0.15) is 23.7 Å². The van der Waals surface area contributed by atoms with Crippen molar-refractivity contribution in [2.24, 2.45) is 0 Å². The summed E-state index contributed by atoms with van der Waals surface area (Å²) in [5.74, 6) is 0.120. The number of fused-ring (bicyclic) bond motifs is 1. The van der Waals surface area contributed by atoms with Crippen molar-refractivity contribution in [2.45, 2.75) is 20.3 Å². The number of nitriles is 1. The maximum absolute atomic E-state index is 11.3. The number of carbonyl (C=O) groups is 1. The molecule has 0 bridgehead atoms. The molecule has 0 fully saturated rings. The van der Waals surface area contributed by atoms with Crippen molar-refractivity contribution in [3.63, 3.8) is 0 Å². The van der Waals surface area contributed by atoms with E-state index in [4.69, 9.17) is 5.26 Å². The second kappa shape index (κ2) is 5.45. The van der Waals surface area contributed by atoms with Gasteiger partial charge in [0.1, 0.15) is 5.78 Å². The van der Waals surface area contributed by atoms with Crippen LogP contribution in [0.25, 0.3) is 16.7 Å². The molecule has 0 saturated heterocycles. The van der Waals surface area contributed by atoms with Gasteiger partial charge < -0.3 is 4.57 Å². The summed E-state index contributed by atoms with van der Waals surface area (Å²) in [6.45, 7) is 3.60. The number of rotatable bonds is 3. The number of pyridine rings is 1. The minimum Gasteiger partial charge on any atom is -0.312 e. The van der Waals surface area contributed by atoms with Gasteiger partial charge in [0.05, 0.1) is 22.7 Å². The largest absolute Gasteiger partial charge is 0.312 e. The maximum Gasteiger partial charge on any atom is 0.134 e. The number of carbonyl (C=O) groups excluding carboxylic acids is 1. The van der Waals surface area contributed by atoms with Crippen LogP contribution in [0, 0.1) is 18.3 Å². The van der Waals surface area contributed by atoms with Gasteiger partial charge in [-0.25, -0.2) is 0 Å². The van der Waals surface area contributed by atoms with Gasteiger partial charge in [-0.3, -0.25) is 9.78 Å². The van der Waals surface area contributed by atoms with Gasteiger partial charge >= 0.3 is 0 Å². The summed E-state index contributed by atoms with van der Waals surface area (Å²) in [5, 5.41) is 8.91. The summed E-state index contributed by atoms with van der Waals surface area (Å²) in [5.41, 5.74) is 5.46. The van der Waals surface area contributed by atoms with E-state index in [1.54, 1.807) is 25.3 Å². The molecule has 0 radical (unpaired) electrons. The molecular formula is C18H15N3O. The number of Topliss-reactive ketones (excluding diaryl/α,β-unsaturated/α-hetero) is 1. The standard InChI is InChI=1S/C18H15N3O/c1-12-7-17-18(9-15(11-20-17)8-13(2)22)21(12)16-5-3-14(10-19)4-6-16/h3-7,9,11H,8H2,1-2H3. The van der Waals surface area contributed by atoms with Gasteiger partial charge in [0, 0.05) is 24.0 Å². The normalized spacial score (nSPS) is 10.6. The number of benzene rings is 1. The molecule has 3 rings (SSSR count). The van der Waals surface area contributed by atoms with Crippen molar-refractivity contribution in [3.8, 4) is 11.8 Å². The van der Waals surface area contributed by atoms with Gasteiger partial charge in [-0.05, 0) is 55.8 Å². The van der Waals surface area contributed by atoms with Crippen molar-refractivity contribution >= 4 is 16.8 Å². The van der Waals surface area contributed by atoms with Crippen LogP contribution in [0.2, 0.25) is 0 Å². The van der Waals surface area contributed by atoms with E-state index in [1.165, 1.54) is 0 Å². The lowest BCUT2D eigenvalue weighted by atomic mass is 10.1. The predicted octanol–water partition coefficient (Wildman–Crippen LogP) is 3.34. The van der Waals surface area contributed by atoms with Crippen molar-refractivity contribution in [2.75, 3.05) is 0 Å². The van der Waals surface area contributed by atoms with Gasteiger partial charge in [-0.1, -0.05) is 0 Å². The smallest absolute Gasteiger partial charge is 0.134 e. The van der Waals surface area contributed by atoms with Crippen LogP contribution in [0.5, 0.6) is 0 Å². The molecule has 0 atom stereocenters. The van der Waals surface area contributed by atoms with Crippen molar-refractivity contribution in [3.05, 3.63) is 59.4 Å². The number of hydrogen-bond donors (Lipinski definition) is 0. The Kier molecular flexibility index (Phi) is 3.48. The average molecular weight is 289 g/mol. The van der Waals surface area contributed by atoms with Crippen molar-refractivity contribution in [1.29, 1.82) is 5.26 Å². The molecule has 22 heavy (non-hydrogen) atoms. The summed E-state index contributed by atoms with van der Waals surface area (Å²) in [6.07, 6.45) is 2.15. The molecule has 4 nitrogen and oxygen atoms in total. The number of ketones is 1. The number of hydrogen-bond acceptors (Lipinski definition) is 3. The fraction of sp³-hybridized carbons (Fsp3) is 0.167. The Hall–Kier alpha value is -2.93. The van der Waals surface area contributed by atoms with Crippen molar-refractivity contribution < 1.29 is 4.79 Å². The maximum atomic E-state index is 11.3. The first-order valence-electron chi connectivity index (χ1n) is 7.05. The van der Waals surface area contributed by atoms with Crippen LogP contribution in [0.4, 0.5) is 0 Å². The molecular weight excluding hydrogens is 274 g/mol. The summed E-state index contributed by atoms with van der Waals surface area (Å²) in [7, 11) is 0. The Labute approximate surface area is 128 Å². The Balaban J connectivity index is 2.16. The quantitative estimate of drug-likeness (QED) is 0.743. The van der Waals surface area contributed by atoms with Crippen LogP contribution in [0.3, 0.4) is 0 Å². The first-order valence-corrected chi connectivity index (χ1v) is 7.05.